The van der Waals surface area contributed by atoms with Crippen molar-refractivity contribution in [1.82, 2.24) is 19.5 Å². The summed E-state index contributed by atoms with van der Waals surface area (Å²) in [7, 11) is 0. The highest BCUT2D eigenvalue weighted by Crippen LogP contribution is 2.24. The number of hydrogen-bond donors (Lipinski definition) is 4. The van der Waals surface area contributed by atoms with Crippen LogP contribution in [0.4, 0.5) is 0 Å². The van der Waals surface area contributed by atoms with Crippen LogP contribution in [0, 0.1) is 13.8 Å². The van der Waals surface area contributed by atoms with E-state index in [1.54, 1.807) is 12.1 Å². The topological polar surface area (TPSA) is 158 Å². The van der Waals surface area contributed by atoms with E-state index in [9.17, 15) is 29.7 Å². The van der Waals surface area contributed by atoms with Crippen molar-refractivity contribution in [2.24, 2.45) is 0 Å². The van der Waals surface area contributed by atoms with Crippen molar-refractivity contribution < 1.29 is 20.1 Å². The van der Waals surface area contributed by atoms with Gasteiger partial charge in [-0.2, -0.15) is 4.98 Å². The standard InChI is InChI=1S/C17H18N4O6/c1-7-3-9-10(4-8(7)2)21(5-11(23)14(25)12(24)6-22)15-13(18-9)16(26)20-17(27)19-15/h3-4,6,11-12,14,23-25H,5H2,1-2H3,(H,20,26,27)/t11-,12+,14-/m1/s1. The van der Waals surface area contributed by atoms with E-state index in [2.05, 4.69) is 9.97 Å². The molecule has 4 N–H and O–H groups in total. The zero-order valence-electron chi connectivity index (χ0n) is 14.6. The Morgan fingerprint density at radius 2 is 1.81 bits per heavy atom. The molecule has 142 valence electrons. The van der Waals surface area contributed by atoms with Gasteiger partial charge in [-0.05, 0) is 37.1 Å². The van der Waals surface area contributed by atoms with Crippen molar-refractivity contribution in [2.45, 2.75) is 38.7 Å². The van der Waals surface area contributed by atoms with Crippen molar-refractivity contribution in [2.75, 3.05) is 0 Å². The maximum Gasteiger partial charge on any atom is 0.349 e. The number of H-pyrrole nitrogens is 1. The fourth-order valence-corrected chi connectivity index (χ4v) is 2.84. The van der Waals surface area contributed by atoms with Crippen LogP contribution < -0.4 is 11.2 Å². The third-order valence-corrected chi connectivity index (χ3v) is 4.48. The summed E-state index contributed by atoms with van der Waals surface area (Å²) in [6, 6.07) is 3.49. The molecule has 1 aromatic rings. The first-order valence-corrected chi connectivity index (χ1v) is 8.14. The Labute approximate surface area is 152 Å². The van der Waals surface area contributed by atoms with Crippen molar-refractivity contribution >= 4 is 17.3 Å². The van der Waals surface area contributed by atoms with Crippen molar-refractivity contribution in [3.8, 4) is 11.5 Å². The quantitative estimate of drug-likeness (QED) is 0.310. The van der Waals surface area contributed by atoms with Crippen LogP contribution in [0.25, 0.3) is 22.6 Å². The lowest BCUT2D eigenvalue weighted by atomic mass is 10.1. The average Bonchev–Trinajstić information content (AvgIpc) is 2.62. The van der Waals surface area contributed by atoms with Gasteiger partial charge in [-0.1, -0.05) is 0 Å². The number of carbonyl (C=O) groups excluding carboxylic acids is 1. The van der Waals surface area contributed by atoms with Gasteiger partial charge in [0.2, 0.25) is 0 Å². The summed E-state index contributed by atoms with van der Waals surface area (Å²) in [4.78, 5) is 44.6. The Morgan fingerprint density at radius 1 is 1.15 bits per heavy atom. The Hall–Kier alpha value is -2.95. The van der Waals surface area contributed by atoms with E-state index in [1.807, 2.05) is 18.8 Å². The van der Waals surface area contributed by atoms with Crippen LogP contribution in [0.5, 0.6) is 0 Å². The highest BCUT2D eigenvalue weighted by molar-refractivity contribution is 5.81. The van der Waals surface area contributed by atoms with Crippen LogP contribution in [-0.4, -0.2) is 59.4 Å². The number of aliphatic hydroxyl groups excluding tert-OH is 3. The number of nitrogens with zero attached hydrogens (tertiary/aromatic N) is 3. The first-order valence-electron chi connectivity index (χ1n) is 8.14. The maximum absolute atomic E-state index is 12.2. The number of hydrogen-bond acceptors (Lipinski definition) is 8. The summed E-state index contributed by atoms with van der Waals surface area (Å²) < 4.78 is 1.37. The molecule has 0 amide bonds. The first kappa shape index (κ1) is 18.8. The number of aliphatic hydroxyl groups is 3. The van der Waals surface area contributed by atoms with Crippen molar-refractivity contribution in [3.05, 3.63) is 44.1 Å². The van der Waals surface area contributed by atoms with E-state index in [1.165, 1.54) is 4.57 Å². The van der Waals surface area contributed by atoms with Gasteiger partial charge in [0.15, 0.2) is 17.8 Å². The van der Waals surface area contributed by atoms with Gasteiger partial charge in [-0.3, -0.25) is 9.78 Å². The number of fused-ring (bicyclic) bond motifs is 2. The monoisotopic (exact) mass is 374 g/mol. The molecule has 0 bridgehead atoms. The molecule has 3 atom stereocenters. The molecular formula is C17H18N4O6. The second kappa shape index (κ2) is 6.99. The summed E-state index contributed by atoms with van der Waals surface area (Å²) in [5.41, 5.74) is 0.985. The van der Waals surface area contributed by atoms with Crippen LogP contribution >= 0.6 is 0 Å². The summed E-state index contributed by atoms with van der Waals surface area (Å²) in [6.45, 7) is 3.39. The minimum Gasteiger partial charge on any atom is -0.388 e. The number of aromatic nitrogens is 4. The highest BCUT2D eigenvalue weighted by atomic mass is 16.4. The van der Waals surface area contributed by atoms with Gasteiger partial charge in [0.25, 0.3) is 5.56 Å². The molecule has 10 heteroatoms. The molecule has 0 unspecified atom stereocenters. The summed E-state index contributed by atoms with van der Waals surface area (Å²) in [6.07, 6.45) is -5.00. The van der Waals surface area contributed by atoms with Crippen molar-refractivity contribution in [1.29, 1.82) is 0 Å². The number of aryl methyl sites for hydroxylation is 2. The normalized spacial score (nSPS) is 15.0. The van der Waals surface area contributed by atoms with E-state index in [0.29, 0.717) is 11.0 Å². The largest absolute Gasteiger partial charge is 0.388 e. The van der Waals surface area contributed by atoms with Gasteiger partial charge in [0, 0.05) is 0 Å². The summed E-state index contributed by atoms with van der Waals surface area (Å²) in [5.74, 6) is -0.0775. The van der Waals surface area contributed by atoms with Crippen LogP contribution in [0.3, 0.4) is 0 Å². The van der Waals surface area contributed by atoms with Crippen LogP contribution in [0.15, 0.2) is 21.7 Å². The van der Waals surface area contributed by atoms with E-state index in [0.717, 1.165) is 11.1 Å². The predicted octanol–water partition coefficient (Wildman–Crippen LogP) is -1.52. The van der Waals surface area contributed by atoms with Gasteiger partial charge in [0.1, 0.15) is 18.3 Å². The molecule has 0 radical (unpaired) electrons. The molecule has 1 aromatic carbocycles. The van der Waals surface area contributed by atoms with Gasteiger partial charge in [-0.15, -0.1) is 0 Å². The minimum absolute atomic E-state index is 0.0775. The summed E-state index contributed by atoms with van der Waals surface area (Å²) >= 11 is 0. The zero-order chi connectivity index (χ0) is 19.9. The highest BCUT2D eigenvalue weighted by Gasteiger charge is 2.27. The lowest BCUT2D eigenvalue weighted by Gasteiger charge is -2.24. The lowest BCUT2D eigenvalue weighted by molar-refractivity contribution is -0.126. The molecular weight excluding hydrogens is 356 g/mol. The van der Waals surface area contributed by atoms with Gasteiger partial charge >= 0.3 is 5.69 Å². The van der Waals surface area contributed by atoms with E-state index in [-0.39, 0.29) is 24.3 Å². The van der Waals surface area contributed by atoms with Gasteiger partial charge in [-0.25, -0.2) is 9.78 Å². The molecule has 2 aliphatic heterocycles. The van der Waals surface area contributed by atoms with Crippen LogP contribution in [0.1, 0.15) is 11.1 Å². The molecule has 0 aliphatic carbocycles. The molecule has 27 heavy (non-hydrogen) atoms. The van der Waals surface area contributed by atoms with Gasteiger partial charge < -0.3 is 24.7 Å². The number of aldehydes is 1. The van der Waals surface area contributed by atoms with Crippen molar-refractivity contribution in [3.63, 3.8) is 0 Å². The molecule has 10 nitrogen and oxygen atoms in total. The Kier molecular flexibility index (Phi) is 4.87. The van der Waals surface area contributed by atoms with Crippen LogP contribution in [0.2, 0.25) is 0 Å². The fraction of sp³-hybridized carbons (Fsp3) is 0.353. The Morgan fingerprint density at radius 3 is 2.48 bits per heavy atom. The van der Waals surface area contributed by atoms with E-state index >= 15 is 0 Å². The second-order valence-corrected chi connectivity index (χ2v) is 6.38. The number of carbonyl (C=O) groups is 1. The Bertz CT molecular complexity index is 1110. The molecule has 3 rings (SSSR count). The zero-order valence-corrected chi connectivity index (χ0v) is 14.6. The molecule has 0 saturated heterocycles. The smallest absolute Gasteiger partial charge is 0.349 e. The van der Waals surface area contributed by atoms with Gasteiger partial charge in [0.05, 0.1) is 17.6 Å². The van der Waals surface area contributed by atoms with E-state index in [4.69, 9.17) is 0 Å². The number of benzene rings is 1. The lowest BCUT2D eigenvalue weighted by Crippen LogP contribution is -2.41. The molecule has 0 saturated carbocycles. The molecule has 2 heterocycles. The number of nitrogens with one attached hydrogen (secondary N) is 1. The molecule has 2 aliphatic rings. The third-order valence-electron chi connectivity index (χ3n) is 4.48. The third kappa shape index (κ3) is 3.37. The number of aromatic amines is 1. The molecule has 0 aromatic heterocycles. The number of rotatable bonds is 5. The Balaban J connectivity index is 2.29. The second-order valence-electron chi connectivity index (χ2n) is 6.38. The minimum atomic E-state index is -1.78. The fourth-order valence-electron chi connectivity index (χ4n) is 2.84. The molecule has 0 fully saturated rings. The predicted molar refractivity (Wildman–Crippen MR) is 94.6 cm³/mol. The first-order chi connectivity index (χ1) is 12.7. The van der Waals surface area contributed by atoms with E-state index < -0.39 is 29.6 Å². The SMILES string of the molecule is Cc1cc2nc3c(=O)[nH]c(=O)nc-3n(C[C@@H](O)[C@@H](O)[C@@H](O)C=O)c2cc1C. The summed E-state index contributed by atoms with van der Waals surface area (Å²) in [5, 5.41) is 29.6. The molecule has 0 spiro atoms. The van der Waals surface area contributed by atoms with Crippen LogP contribution in [-0.2, 0) is 11.3 Å². The maximum atomic E-state index is 12.2. The average molecular weight is 374 g/mol.